The number of rotatable bonds is 4. The Kier molecular flexibility index (Phi) is 6.57. The molecule has 0 saturated carbocycles. The van der Waals surface area contributed by atoms with Crippen LogP contribution in [-0.4, -0.2) is 67.3 Å². The summed E-state index contributed by atoms with van der Waals surface area (Å²) in [5.74, 6) is 0.743. The standard InChI is InChI=1S/C17H31NO4S/c1-17(2,3)22-16(20)18-10-8-13(9-11-23(5,6)7)14(12-18)15(19)21-4/h8-12H2,1-7H3. The van der Waals surface area contributed by atoms with Crippen LogP contribution >= 0.6 is 10.0 Å². The van der Waals surface area contributed by atoms with Gasteiger partial charge in [-0.25, -0.2) is 19.6 Å². The summed E-state index contributed by atoms with van der Waals surface area (Å²) in [6, 6.07) is 0. The van der Waals surface area contributed by atoms with E-state index in [0.717, 1.165) is 17.7 Å². The van der Waals surface area contributed by atoms with E-state index in [0.29, 0.717) is 18.5 Å². The van der Waals surface area contributed by atoms with Crippen LogP contribution in [0.25, 0.3) is 0 Å². The molecule has 0 unspecified atom stereocenters. The van der Waals surface area contributed by atoms with Crippen LogP contribution in [-0.2, 0) is 14.3 Å². The van der Waals surface area contributed by atoms with Gasteiger partial charge in [-0.3, -0.25) is 0 Å². The highest BCUT2D eigenvalue weighted by Gasteiger charge is 2.30. The zero-order valence-electron chi connectivity index (χ0n) is 15.5. The minimum atomic E-state index is -0.625. The third kappa shape index (κ3) is 6.85. The third-order valence-electron chi connectivity index (χ3n) is 3.56. The van der Waals surface area contributed by atoms with Gasteiger partial charge >= 0.3 is 12.1 Å². The van der Waals surface area contributed by atoms with Gasteiger partial charge in [0.05, 0.1) is 19.2 Å². The molecule has 0 saturated heterocycles. The lowest BCUT2D eigenvalue weighted by Gasteiger charge is -2.33. The van der Waals surface area contributed by atoms with Crippen molar-refractivity contribution in [3.05, 3.63) is 11.1 Å². The van der Waals surface area contributed by atoms with Crippen molar-refractivity contribution < 1.29 is 19.1 Å². The third-order valence-corrected chi connectivity index (χ3v) is 4.99. The first-order valence-electron chi connectivity index (χ1n) is 7.86. The number of nitrogens with zero attached hydrogens (tertiary/aromatic N) is 1. The first kappa shape index (κ1) is 19.9. The molecule has 0 aromatic carbocycles. The Hall–Kier alpha value is -1.17. The molecule has 1 aliphatic heterocycles. The zero-order chi connectivity index (χ0) is 17.8. The van der Waals surface area contributed by atoms with Crippen LogP contribution in [0.15, 0.2) is 11.1 Å². The lowest BCUT2D eigenvalue weighted by atomic mass is 9.98. The van der Waals surface area contributed by atoms with Crippen molar-refractivity contribution in [2.24, 2.45) is 0 Å². The Morgan fingerprint density at radius 2 is 1.83 bits per heavy atom. The van der Waals surface area contributed by atoms with E-state index in [-0.39, 0.29) is 18.6 Å². The average molecular weight is 346 g/mol. The lowest BCUT2D eigenvalue weighted by molar-refractivity contribution is -0.136. The van der Waals surface area contributed by atoms with E-state index >= 15 is 0 Å². The first-order chi connectivity index (χ1) is 10.4. The summed E-state index contributed by atoms with van der Waals surface area (Å²) < 4.78 is 10.3. The lowest BCUT2D eigenvalue weighted by Crippen LogP contribution is -2.42. The van der Waals surface area contributed by atoms with E-state index in [1.165, 1.54) is 7.11 Å². The van der Waals surface area contributed by atoms with Gasteiger partial charge in [-0.05, 0) is 58.1 Å². The van der Waals surface area contributed by atoms with Crippen molar-refractivity contribution in [3.8, 4) is 0 Å². The highest BCUT2D eigenvalue weighted by Crippen LogP contribution is 2.37. The van der Waals surface area contributed by atoms with Gasteiger partial charge in [0.2, 0.25) is 0 Å². The second-order valence-corrected chi connectivity index (χ2v) is 12.4. The monoisotopic (exact) mass is 345 g/mol. The molecule has 0 spiro atoms. The summed E-state index contributed by atoms with van der Waals surface area (Å²) in [4.78, 5) is 25.9. The van der Waals surface area contributed by atoms with Gasteiger partial charge in [0.15, 0.2) is 0 Å². The van der Waals surface area contributed by atoms with Crippen LogP contribution in [0.4, 0.5) is 4.79 Å². The molecule has 0 bridgehead atoms. The predicted octanol–water partition coefficient (Wildman–Crippen LogP) is 3.18. The molecule has 0 aromatic rings. The number of ether oxygens (including phenoxy) is 2. The van der Waals surface area contributed by atoms with Crippen molar-refractivity contribution in [2.45, 2.75) is 39.2 Å². The fraction of sp³-hybridized carbons (Fsp3) is 0.765. The second kappa shape index (κ2) is 7.60. The first-order valence-corrected chi connectivity index (χ1v) is 10.9. The molecule has 0 radical (unpaired) electrons. The number of hydrogen-bond acceptors (Lipinski definition) is 4. The van der Waals surface area contributed by atoms with E-state index in [1.807, 2.05) is 20.8 Å². The molecule has 23 heavy (non-hydrogen) atoms. The van der Waals surface area contributed by atoms with Crippen LogP contribution in [0.2, 0.25) is 0 Å². The molecule has 1 amide bonds. The molecular weight excluding hydrogens is 314 g/mol. The maximum absolute atomic E-state index is 12.2. The van der Waals surface area contributed by atoms with Gasteiger partial charge in [-0.15, -0.1) is 0 Å². The van der Waals surface area contributed by atoms with Crippen molar-refractivity contribution in [2.75, 3.05) is 44.7 Å². The predicted molar refractivity (Wildman–Crippen MR) is 96.3 cm³/mol. The summed E-state index contributed by atoms with van der Waals surface area (Å²) >= 11 is 0. The fourth-order valence-corrected chi connectivity index (χ4v) is 3.18. The Morgan fingerprint density at radius 1 is 1.22 bits per heavy atom. The van der Waals surface area contributed by atoms with Crippen molar-refractivity contribution in [1.82, 2.24) is 4.90 Å². The molecule has 1 heterocycles. The molecule has 0 N–H and O–H groups in total. The highest BCUT2D eigenvalue weighted by molar-refractivity contribution is 8.32. The summed E-state index contributed by atoms with van der Waals surface area (Å²) in [6.07, 6.45) is 8.02. The topological polar surface area (TPSA) is 55.8 Å². The van der Waals surface area contributed by atoms with Crippen LogP contribution < -0.4 is 0 Å². The normalized spacial score (nSPS) is 17.1. The number of carbonyl (C=O) groups excluding carboxylic acids is 2. The van der Waals surface area contributed by atoms with E-state index in [2.05, 4.69) is 18.8 Å². The Balaban J connectivity index is 2.88. The number of hydrogen-bond donors (Lipinski definition) is 0. The van der Waals surface area contributed by atoms with Gasteiger partial charge in [-0.1, -0.05) is 5.57 Å². The van der Waals surface area contributed by atoms with E-state index in [1.54, 1.807) is 4.90 Å². The minimum Gasteiger partial charge on any atom is -0.466 e. The Labute approximate surface area is 141 Å². The van der Waals surface area contributed by atoms with Gasteiger partial charge in [-0.2, -0.15) is 0 Å². The van der Waals surface area contributed by atoms with Gasteiger partial charge in [0.1, 0.15) is 5.60 Å². The second-order valence-electron chi connectivity index (χ2n) is 7.77. The molecule has 134 valence electrons. The van der Waals surface area contributed by atoms with Crippen LogP contribution in [0, 0.1) is 0 Å². The van der Waals surface area contributed by atoms with Gasteiger partial charge < -0.3 is 14.4 Å². The van der Waals surface area contributed by atoms with E-state index in [4.69, 9.17) is 9.47 Å². The van der Waals surface area contributed by atoms with Crippen LogP contribution in [0.1, 0.15) is 33.6 Å². The average Bonchev–Trinajstić information content (AvgIpc) is 2.41. The van der Waals surface area contributed by atoms with Crippen molar-refractivity contribution in [1.29, 1.82) is 0 Å². The quantitative estimate of drug-likeness (QED) is 0.734. The zero-order valence-corrected chi connectivity index (χ0v) is 16.3. The molecule has 0 fully saturated rings. The minimum absolute atomic E-state index is 0.274. The summed E-state index contributed by atoms with van der Waals surface area (Å²) in [5.41, 5.74) is 1.20. The fourth-order valence-electron chi connectivity index (χ4n) is 2.32. The maximum Gasteiger partial charge on any atom is 0.410 e. The Bertz CT molecular complexity index is 486. The van der Waals surface area contributed by atoms with Crippen molar-refractivity contribution in [3.63, 3.8) is 0 Å². The molecule has 6 heteroatoms. The maximum atomic E-state index is 12.2. The van der Waals surface area contributed by atoms with Crippen LogP contribution in [0.5, 0.6) is 0 Å². The molecular formula is C17H31NO4S. The number of esters is 1. The largest absolute Gasteiger partial charge is 0.466 e. The van der Waals surface area contributed by atoms with Crippen LogP contribution in [0.3, 0.4) is 0 Å². The number of amides is 1. The molecule has 5 nitrogen and oxygen atoms in total. The number of carbonyl (C=O) groups is 2. The Morgan fingerprint density at radius 3 is 2.30 bits per heavy atom. The van der Waals surface area contributed by atoms with E-state index < -0.39 is 15.6 Å². The summed E-state index contributed by atoms with van der Waals surface area (Å²) in [5, 5.41) is 0. The molecule has 1 aliphatic rings. The van der Waals surface area contributed by atoms with Crippen molar-refractivity contribution >= 4 is 22.1 Å². The van der Waals surface area contributed by atoms with E-state index in [9.17, 15) is 9.59 Å². The van der Waals surface area contributed by atoms with Gasteiger partial charge in [0, 0.05) is 6.54 Å². The number of methoxy groups -OCH3 is 1. The molecule has 0 aliphatic carbocycles. The van der Waals surface area contributed by atoms with Gasteiger partial charge in [0.25, 0.3) is 0 Å². The SMILES string of the molecule is COC(=O)C1=C(CCS(C)(C)C)CCN(C(=O)OC(C)(C)C)C1. The summed E-state index contributed by atoms with van der Waals surface area (Å²) in [6.45, 7) is 6.37. The smallest absolute Gasteiger partial charge is 0.410 e. The molecule has 0 aromatic heterocycles. The highest BCUT2D eigenvalue weighted by atomic mass is 32.3. The summed E-state index contributed by atoms with van der Waals surface area (Å²) in [7, 11) is 0.759. The molecule has 0 atom stereocenters. The molecule has 1 rings (SSSR count).